The largest absolute Gasteiger partial charge is 0.384 e. The van der Waals surface area contributed by atoms with Gasteiger partial charge < -0.3 is 20.1 Å². The van der Waals surface area contributed by atoms with Crippen molar-refractivity contribution >= 4 is 11.7 Å². The average Bonchev–Trinajstić information content (AvgIpc) is 3.09. The van der Waals surface area contributed by atoms with Crippen molar-refractivity contribution < 1.29 is 4.79 Å². The Hall–Kier alpha value is -2.42. The fourth-order valence-electron chi connectivity index (χ4n) is 3.46. The van der Waals surface area contributed by atoms with Gasteiger partial charge in [-0.25, -0.2) is 4.68 Å². The Bertz CT molecular complexity index is 770. The lowest BCUT2D eigenvalue weighted by atomic mass is 9.96. The van der Waals surface area contributed by atoms with Crippen LogP contribution in [0.1, 0.15) is 36.1 Å². The summed E-state index contributed by atoms with van der Waals surface area (Å²) in [7, 11) is 6.06. The predicted octanol–water partition coefficient (Wildman–Crippen LogP) is 0.370. The standard InChI is InChI=1S/C17H28N8O/c1-12-9-14(18)25(21-12)11-16(26)24-7-5-13(6-8-24)17-20-19-15(23(17)4)10-22(2)3/h9,13H,5-8,10-11,18H2,1-4H3. The van der Waals surface area contributed by atoms with Gasteiger partial charge in [-0.3, -0.25) is 4.79 Å². The Balaban J connectivity index is 1.58. The van der Waals surface area contributed by atoms with E-state index in [0.717, 1.165) is 49.8 Å². The van der Waals surface area contributed by atoms with Gasteiger partial charge in [0.2, 0.25) is 5.91 Å². The van der Waals surface area contributed by atoms with E-state index in [9.17, 15) is 4.79 Å². The van der Waals surface area contributed by atoms with Crippen LogP contribution in [0.25, 0.3) is 0 Å². The van der Waals surface area contributed by atoms with Crippen molar-refractivity contribution in [3.8, 4) is 0 Å². The van der Waals surface area contributed by atoms with Crippen molar-refractivity contribution in [2.24, 2.45) is 7.05 Å². The van der Waals surface area contributed by atoms with Gasteiger partial charge >= 0.3 is 0 Å². The fraction of sp³-hybridized carbons (Fsp3) is 0.647. The highest BCUT2D eigenvalue weighted by Crippen LogP contribution is 2.27. The third kappa shape index (κ3) is 3.87. The van der Waals surface area contributed by atoms with Crippen molar-refractivity contribution in [1.29, 1.82) is 0 Å². The molecule has 0 bridgehead atoms. The van der Waals surface area contributed by atoms with Crippen LogP contribution in [0.2, 0.25) is 0 Å². The molecule has 0 atom stereocenters. The summed E-state index contributed by atoms with van der Waals surface area (Å²) in [5, 5.41) is 13.0. The van der Waals surface area contributed by atoms with Gasteiger partial charge in [-0.2, -0.15) is 5.10 Å². The topological polar surface area (TPSA) is 98.1 Å². The molecule has 1 fully saturated rings. The van der Waals surface area contributed by atoms with Crippen molar-refractivity contribution in [3.05, 3.63) is 23.4 Å². The average molecular weight is 360 g/mol. The fourth-order valence-corrected chi connectivity index (χ4v) is 3.46. The molecule has 2 aromatic heterocycles. The molecule has 2 aromatic rings. The lowest BCUT2D eigenvalue weighted by Gasteiger charge is -2.31. The molecule has 3 heterocycles. The second kappa shape index (κ2) is 7.45. The first-order chi connectivity index (χ1) is 12.3. The van der Waals surface area contributed by atoms with Crippen LogP contribution in [0.15, 0.2) is 6.07 Å². The van der Waals surface area contributed by atoms with Gasteiger partial charge in [-0.05, 0) is 33.9 Å². The summed E-state index contributed by atoms with van der Waals surface area (Å²) in [6.45, 7) is 4.28. The lowest BCUT2D eigenvalue weighted by molar-refractivity contribution is -0.133. The quantitative estimate of drug-likeness (QED) is 0.827. The molecule has 1 saturated heterocycles. The highest BCUT2D eigenvalue weighted by molar-refractivity contribution is 5.76. The molecule has 0 aliphatic carbocycles. The van der Waals surface area contributed by atoms with E-state index in [-0.39, 0.29) is 12.5 Å². The lowest BCUT2D eigenvalue weighted by Crippen LogP contribution is -2.40. The van der Waals surface area contributed by atoms with Crippen molar-refractivity contribution in [2.45, 2.75) is 38.8 Å². The molecule has 0 aromatic carbocycles. The number of carbonyl (C=O) groups excluding carboxylic acids is 1. The summed E-state index contributed by atoms with van der Waals surface area (Å²) >= 11 is 0. The zero-order valence-corrected chi connectivity index (χ0v) is 16.0. The number of rotatable bonds is 5. The number of aryl methyl sites for hydroxylation is 1. The molecule has 2 N–H and O–H groups in total. The highest BCUT2D eigenvalue weighted by atomic mass is 16.2. The molecule has 9 nitrogen and oxygen atoms in total. The van der Waals surface area contributed by atoms with E-state index in [0.29, 0.717) is 11.7 Å². The van der Waals surface area contributed by atoms with Crippen LogP contribution in [0.3, 0.4) is 0 Å². The van der Waals surface area contributed by atoms with Gasteiger partial charge in [-0.15, -0.1) is 10.2 Å². The summed E-state index contributed by atoms with van der Waals surface area (Å²) in [6, 6.07) is 1.78. The number of piperidine rings is 1. The second-order valence-electron chi connectivity index (χ2n) is 7.29. The summed E-state index contributed by atoms with van der Waals surface area (Å²) in [5.74, 6) is 2.90. The van der Waals surface area contributed by atoms with Crippen molar-refractivity contribution in [2.75, 3.05) is 32.9 Å². The first-order valence-corrected chi connectivity index (χ1v) is 8.95. The minimum absolute atomic E-state index is 0.0597. The summed E-state index contributed by atoms with van der Waals surface area (Å²) in [5.41, 5.74) is 6.70. The van der Waals surface area contributed by atoms with E-state index in [2.05, 4.69) is 24.8 Å². The number of nitrogens with two attached hydrogens (primary N) is 1. The number of carbonyl (C=O) groups is 1. The highest BCUT2D eigenvalue weighted by Gasteiger charge is 2.27. The molecular formula is C17H28N8O. The van der Waals surface area contributed by atoms with Gasteiger partial charge in [0.25, 0.3) is 0 Å². The summed E-state index contributed by atoms with van der Waals surface area (Å²) in [4.78, 5) is 16.5. The molecule has 9 heteroatoms. The second-order valence-corrected chi connectivity index (χ2v) is 7.29. The maximum Gasteiger partial charge on any atom is 0.244 e. The van der Waals surface area contributed by atoms with Crippen molar-refractivity contribution in [1.82, 2.24) is 34.3 Å². The van der Waals surface area contributed by atoms with E-state index in [1.807, 2.05) is 33.0 Å². The maximum atomic E-state index is 12.5. The third-order valence-corrected chi connectivity index (χ3v) is 4.89. The van der Waals surface area contributed by atoms with Crippen LogP contribution in [0.4, 0.5) is 5.82 Å². The number of likely N-dealkylation sites (tertiary alicyclic amines) is 1. The molecule has 142 valence electrons. The predicted molar refractivity (Wildman–Crippen MR) is 98.3 cm³/mol. The Morgan fingerprint density at radius 3 is 2.58 bits per heavy atom. The zero-order valence-electron chi connectivity index (χ0n) is 16.0. The number of hydrogen-bond acceptors (Lipinski definition) is 6. The Morgan fingerprint density at radius 2 is 2.00 bits per heavy atom. The number of anilines is 1. The number of nitrogen functional groups attached to an aromatic ring is 1. The van der Waals surface area contributed by atoms with E-state index < -0.39 is 0 Å². The molecule has 0 saturated carbocycles. The van der Waals surface area contributed by atoms with Crippen LogP contribution < -0.4 is 5.73 Å². The molecular weight excluding hydrogens is 332 g/mol. The Morgan fingerprint density at radius 1 is 1.31 bits per heavy atom. The van der Waals surface area contributed by atoms with Crippen LogP contribution in [-0.2, 0) is 24.9 Å². The van der Waals surface area contributed by atoms with E-state index >= 15 is 0 Å². The molecule has 0 unspecified atom stereocenters. The first-order valence-electron chi connectivity index (χ1n) is 8.95. The zero-order chi connectivity index (χ0) is 18.8. The van der Waals surface area contributed by atoms with Crippen molar-refractivity contribution in [3.63, 3.8) is 0 Å². The molecule has 26 heavy (non-hydrogen) atoms. The van der Waals surface area contributed by atoms with Crippen LogP contribution in [-0.4, -0.2) is 67.4 Å². The molecule has 3 rings (SSSR count). The Labute approximate surface area is 153 Å². The van der Waals surface area contributed by atoms with E-state index in [1.54, 1.807) is 10.7 Å². The maximum absolute atomic E-state index is 12.5. The van der Waals surface area contributed by atoms with Gasteiger partial charge in [0, 0.05) is 32.1 Å². The first kappa shape index (κ1) is 18.4. The Kier molecular flexibility index (Phi) is 5.26. The SMILES string of the molecule is Cc1cc(N)n(CC(=O)N2CCC(c3nnc(CN(C)C)n3C)CC2)n1. The minimum Gasteiger partial charge on any atom is -0.384 e. The monoisotopic (exact) mass is 360 g/mol. The third-order valence-electron chi connectivity index (χ3n) is 4.89. The number of amides is 1. The number of nitrogens with zero attached hydrogens (tertiary/aromatic N) is 7. The molecule has 1 aliphatic rings. The smallest absolute Gasteiger partial charge is 0.244 e. The molecule has 1 aliphatic heterocycles. The van der Waals surface area contributed by atoms with Crippen LogP contribution in [0, 0.1) is 6.92 Å². The minimum atomic E-state index is 0.0597. The molecule has 1 amide bonds. The van der Waals surface area contributed by atoms with Crippen LogP contribution in [0.5, 0.6) is 0 Å². The summed E-state index contributed by atoms with van der Waals surface area (Å²) in [6.07, 6.45) is 1.79. The van der Waals surface area contributed by atoms with Crippen LogP contribution >= 0.6 is 0 Å². The van der Waals surface area contributed by atoms with Gasteiger partial charge in [0.05, 0.1) is 12.2 Å². The van der Waals surface area contributed by atoms with Gasteiger partial charge in [0.15, 0.2) is 0 Å². The van der Waals surface area contributed by atoms with Gasteiger partial charge in [0.1, 0.15) is 24.0 Å². The number of hydrogen-bond donors (Lipinski definition) is 1. The molecule has 0 spiro atoms. The number of aromatic nitrogens is 5. The van der Waals surface area contributed by atoms with Gasteiger partial charge in [-0.1, -0.05) is 0 Å². The normalized spacial score (nSPS) is 15.8. The molecule has 0 radical (unpaired) electrons. The van der Waals surface area contributed by atoms with E-state index in [1.165, 1.54) is 0 Å². The van der Waals surface area contributed by atoms with E-state index in [4.69, 9.17) is 5.73 Å². The summed E-state index contributed by atoms with van der Waals surface area (Å²) < 4.78 is 3.66.